The predicted molar refractivity (Wildman–Crippen MR) is 104 cm³/mol. The van der Waals surface area contributed by atoms with E-state index in [2.05, 4.69) is 5.32 Å². The van der Waals surface area contributed by atoms with Crippen LogP contribution in [0.3, 0.4) is 0 Å². The molecule has 0 aliphatic carbocycles. The van der Waals surface area contributed by atoms with Gasteiger partial charge in [0, 0.05) is 44.4 Å². The number of hydrogen-bond acceptors (Lipinski definition) is 4. The first-order valence-corrected chi connectivity index (χ1v) is 8.38. The minimum absolute atomic E-state index is 0.00368. The summed E-state index contributed by atoms with van der Waals surface area (Å²) < 4.78 is 0. The van der Waals surface area contributed by atoms with E-state index in [1.54, 1.807) is 49.3 Å². The Balaban J connectivity index is 1.88. The first-order chi connectivity index (χ1) is 12.8. The molecule has 2 aromatic carbocycles. The Hall–Kier alpha value is -3.48. The molecule has 7 heteroatoms. The van der Waals surface area contributed by atoms with Crippen molar-refractivity contribution in [2.45, 2.75) is 12.8 Å². The highest BCUT2D eigenvalue weighted by molar-refractivity contribution is 6.01. The highest BCUT2D eigenvalue weighted by Crippen LogP contribution is 2.14. The molecule has 7 nitrogen and oxygen atoms in total. The molecule has 2 aromatic rings. The Kier molecular flexibility index (Phi) is 6.82. The summed E-state index contributed by atoms with van der Waals surface area (Å²) in [5.74, 6) is -0.229. The summed E-state index contributed by atoms with van der Waals surface area (Å²) in [4.78, 5) is 35.3. The van der Waals surface area contributed by atoms with Crippen LogP contribution in [0.15, 0.2) is 54.6 Å². The lowest BCUT2D eigenvalue weighted by atomic mass is 10.1. The summed E-state index contributed by atoms with van der Waals surface area (Å²) in [6.45, 7) is 0. The van der Waals surface area contributed by atoms with Crippen LogP contribution in [-0.2, 0) is 16.0 Å². The average Bonchev–Trinajstić information content (AvgIpc) is 2.65. The number of nitro groups is 1. The molecule has 27 heavy (non-hydrogen) atoms. The van der Waals surface area contributed by atoms with Crippen molar-refractivity contribution in [3.05, 3.63) is 75.8 Å². The first-order valence-electron chi connectivity index (χ1n) is 8.38. The number of aryl methyl sites for hydroxylation is 1. The van der Waals surface area contributed by atoms with Crippen LogP contribution >= 0.6 is 0 Å². The zero-order valence-electron chi connectivity index (χ0n) is 15.2. The molecule has 0 saturated heterocycles. The smallest absolute Gasteiger partial charge is 0.269 e. The number of rotatable bonds is 7. The van der Waals surface area contributed by atoms with E-state index in [1.165, 1.54) is 18.2 Å². The van der Waals surface area contributed by atoms with E-state index in [-0.39, 0.29) is 17.5 Å². The van der Waals surface area contributed by atoms with E-state index in [0.29, 0.717) is 24.1 Å². The fourth-order valence-corrected chi connectivity index (χ4v) is 2.29. The molecule has 0 heterocycles. The van der Waals surface area contributed by atoms with Crippen LogP contribution in [0.4, 0.5) is 11.4 Å². The Morgan fingerprint density at radius 1 is 1.07 bits per heavy atom. The molecule has 0 saturated carbocycles. The first kappa shape index (κ1) is 19.8. The Labute approximate surface area is 157 Å². The SMILES string of the molecule is CN(C)C(=O)CCc1ccc(NC(=O)/C=C/c2ccc([N+](=O)[O-])cc2)cc1. The number of benzene rings is 2. The van der Waals surface area contributed by atoms with E-state index in [0.717, 1.165) is 5.56 Å². The van der Waals surface area contributed by atoms with Crippen molar-refractivity contribution >= 4 is 29.3 Å². The van der Waals surface area contributed by atoms with Gasteiger partial charge in [0.25, 0.3) is 5.69 Å². The maximum absolute atomic E-state index is 12.0. The van der Waals surface area contributed by atoms with Crippen molar-refractivity contribution in [1.29, 1.82) is 0 Å². The monoisotopic (exact) mass is 367 g/mol. The van der Waals surface area contributed by atoms with Gasteiger partial charge in [-0.25, -0.2) is 0 Å². The lowest BCUT2D eigenvalue weighted by Gasteiger charge is -2.10. The van der Waals surface area contributed by atoms with Crippen molar-refractivity contribution in [3.8, 4) is 0 Å². The molecule has 0 aliphatic rings. The predicted octanol–water partition coefficient (Wildman–Crippen LogP) is 3.27. The average molecular weight is 367 g/mol. The van der Waals surface area contributed by atoms with Crippen LogP contribution < -0.4 is 5.32 Å². The molecule has 2 rings (SSSR count). The normalized spacial score (nSPS) is 10.6. The number of amides is 2. The van der Waals surface area contributed by atoms with Crippen LogP contribution in [0.1, 0.15) is 17.5 Å². The molecule has 140 valence electrons. The second-order valence-corrected chi connectivity index (χ2v) is 6.16. The highest BCUT2D eigenvalue weighted by Gasteiger charge is 2.05. The molecule has 0 unspecified atom stereocenters. The third-order valence-corrected chi connectivity index (χ3v) is 3.88. The number of nitro benzene ring substituents is 1. The number of hydrogen-bond donors (Lipinski definition) is 1. The van der Waals surface area contributed by atoms with E-state index in [9.17, 15) is 19.7 Å². The number of carbonyl (C=O) groups excluding carboxylic acids is 2. The van der Waals surface area contributed by atoms with Gasteiger partial charge in [-0.05, 0) is 47.9 Å². The molecular formula is C20H21N3O4. The lowest BCUT2D eigenvalue weighted by molar-refractivity contribution is -0.384. The highest BCUT2D eigenvalue weighted by atomic mass is 16.6. The van der Waals surface area contributed by atoms with Gasteiger partial charge in [-0.1, -0.05) is 12.1 Å². The fraction of sp³-hybridized carbons (Fsp3) is 0.200. The third-order valence-electron chi connectivity index (χ3n) is 3.88. The number of nitrogens with zero attached hydrogens (tertiary/aromatic N) is 2. The standard InChI is InChI=1S/C20H21N3O4/c1-22(2)20(25)14-8-15-3-9-17(10-4-15)21-19(24)13-7-16-5-11-18(12-6-16)23(26)27/h3-7,9-13H,8,14H2,1-2H3,(H,21,24)/b13-7+. The topological polar surface area (TPSA) is 92.6 Å². The fourth-order valence-electron chi connectivity index (χ4n) is 2.29. The molecule has 0 aromatic heterocycles. The van der Waals surface area contributed by atoms with Crippen LogP contribution in [0.25, 0.3) is 6.08 Å². The van der Waals surface area contributed by atoms with Crippen LogP contribution in [0, 0.1) is 10.1 Å². The zero-order chi connectivity index (χ0) is 19.8. The second-order valence-electron chi connectivity index (χ2n) is 6.16. The van der Waals surface area contributed by atoms with Crippen LogP contribution in [-0.4, -0.2) is 35.7 Å². The number of anilines is 1. The molecule has 0 radical (unpaired) electrons. The summed E-state index contributed by atoms with van der Waals surface area (Å²) in [5.41, 5.74) is 2.36. The second kappa shape index (κ2) is 9.28. The molecule has 0 atom stereocenters. The van der Waals surface area contributed by atoms with E-state index in [4.69, 9.17) is 0 Å². The minimum Gasteiger partial charge on any atom is -0.349 e. The van der Waals surface area contributed by atoms with Gasteiger partial charge in [0.1, 0.15) is 0 Å². The molecule has 0 bridgehead atoms. The van der Waals surface area contributed by atoms with E-state index < -0.39 is 4.92 Å². The summed E-state index contributed by atoms with van der Waals surface area (Å²) in [5, 5.41) is 13.4. The zero-order valence-corrected chi connectivity index (χ0v) is 15.2. The van der Waals surface area contributed by atoms with Gasteiger partial charge in [-0.3, -0.25) is 19.7 Å². The Morgan fingerprint density at radius 3 is 2.26 bits per heavy atom. The maximum Gasteiger partial charge on any atom is 0.269 e. The summed E-state index contributed by atoms with van der Waals surface area (Å²) in [7, 11) is 3.45. The molecule has 0 aliphatic heterocycles. The number of carbonyl (C=O) groups is 2. The van der Waals surface area contributed by atoms with Gasteiger partial charge < -0.3 is 10.2 Å². The summed E-state index contributed by atoms with van der Waals surface area (Å²) >= 11 is 0. The third kappa shape index (κ3) is 6.39. The van der Waals surface area contributed by atoms with Crippen molar-refractivity contribution in [2.24, 2.45) is 0 Å². The van der Waals surface area contributed by atoms with Gasteiger partial charge in [0.2, 0.25) is 11.8 Å². The molecule has 2 amide bonds. The summed E-state index contributed by atoms with van der Waals surface area (Å²) in [6, 6.07) is 13.2. The maximum atomic E-state index is 12.0. The van der Waals surface area contributed by atoms with Crippen LogP contribution in [0.2, 0.25) is 0 Å². The largest absolute Gasteiger partial charge is 0.349 e. The van der Waals surface area contributed by atoms with Crippen molar-refractivity contribution in [2.75, 3.05) is 19.4 Å². The number of nitrogens with one attached hydrogen (secondary N) is 1. The van der Waals surface area contributed by atoms with E-state index in [1.807, 2.05) is 12.1 Å². The van der Waals surface area contributed by atoms with E-state index >= 15 is 0 Å². The molecular weight excluding hydrogens is 346 g/mol. The lowest BCUT2D eigenvalue weighted by Crippen LogP contribution is -2.21. The van der Waals surface area contributed by atoms with Crippen molar-refractivity contribution in [3.63, 3.8) is 0 Å². The van der Waals surface area contributed by atoms with Crippen molar-refractivity contribution in [1.82, 2.24) is 4.90 Å². The number of non-ortho nitro benzene ring substituents is 1. The quantitative estimate of drug-likeness (QED) is 0.462. The van der Waals surface area contributed by atoms with Gasteiger partial charge in [-0.15, -0.1) is 0 Å². The summed E-state index contributed by atoms with van der Waals surface area (Å²) in [6.07, 6.45) is 4.03. The molecule has 0 spiro atoms. The molecule has 1 N–H and O–H groups in total. The van der Waals surface area contributed by atoms with Gasteiger partial charge >= 0.3 is 0 Å². The van der Waals surface area contributed by atoms with Gasteiger partial charge in [0.05, 0.1) is 4.92 Å². The molecule has 0 fully saturated rings. The van der Waals surface area contributed by atoms with Gasteiger partial charge in [-0.2, -0.15) is 0 Å². The van der Waals surface area contributed by atoms with Crippen molar-refractivity contribution < 1.29 is 14.5 Å². The minimum atomic E-state index is -0.472. The Bertz CT molecular complexity index is 841. The van der Waals surface area contributed by atoms with Crippen LogP contribution in [0.5, 0.6) is 0 Å². The van der Waals surface area contributed by atoms with Gasteiger partial charge in [0.15, 0.2) is 0 Å². The Morgan fingerprint density at radius 2 is 1.70 bits per heavy atom.